The van der Waals surface area contributed by atoms with Gasteiger partial charge in [-0.15, -0.1) is 10.2 Å². The van der Waals surface area contributed by atoms with Crippen LogP contribution in [0.15, 0.2) is 39.3 Å². The molecular formula is C14H13ClN4OS2. The molecule has 1 aromatic carbocycles. The van der Waals surface area contributed by atoms with E-state index in [0.717, 1.165) is 27.3 Å². The minimum atomic E-state index is 0.573. The Hall–Kier alpha value is -1.57. The molecule has 0 saturated heterocycles. The molecule has 0 radical (unpaired) electrons. The second-order valence-corrected chi connectivity index (χ2v) is 6.98. The molecule has 0 amide bonds. The summed E-state index contributed by atoms with van der Waals surface area (Å²) in [4.78, 5) is 4.47. The van der Waals surface area contributed by atoms with Gasteiger partial charge in [-0.1, -0.05) is 40.8 Å². The lowest BCUT2D eigenvalue weighted by molar-refractivity contribution is 0.573. The fraction of sp³-hybridized carbons (Fsp3) is 0.214. The van der Waals surface area contributed by atoms with Crippen molar-refractivity contribution >= 4 is 39.8 Å². The Morgan fingerprint density at radius 2 is 2.27 bits per heavy atom. The van der Waals surface area contributed by atoms with Crippen LogP contribution in [0.2, 0.25) is 5.02 Å². The third-order valence-corrected chi connectivity index (χ3v) is 4.98. The van der Waals surface area contributed by atoms with E-state index in [2.05, 4.69) is 20.5 Å². The van der Waals surface area contributed by atoms with E-state index in [1.807, 2.05) is 31.2 Å². The van der Waals surface area contributed by atoms with Crippen LogP contribution in [0, 0.1) is 0 Å². The molecule has 22 heavy (non-hydrogen) atoms. The minimum Gasteiger partial charge on any atom is -0.444 e. The highest BCUT2D eigenvalue weighted by atomic mass is 35.5. The second-order valence-electron chi connectivity index (χ2n) is 4.35. The number of thioether (sulfide) groups is 1. The Morgan fingerprint density at radius 1 is 1.36 bits per heavy atom. The zero-order chi connectivity index (χ0) is 15.4. The van der Waals surface area contributed by atoms with E-state index in [1.54, 1.807) is 18.0 Å². The van der Waals surface area contributed by atoms with Crippen LogP contribution in [0.25, 0.3) is 11.5 Å². The van der Waals surface area contributed by atoms with Crippen LogP contribution in [-0.2, 0) is 5.75 Å². The summed E-state index contributed by atoms with van der Waals surface area (Å²) in [7, 11) is 0. The lowest BCUT2D eigenvalue weighted by Crippen LogP contribution is -1.94. The molecule has 1 N–H and O–H groups in total. The summed E-state index contributed by atoms with van der Waals surface area (Å²) in [6.07, 6.45) is 1.66. The van der Waals surface area contributed by atoms with Crippen LogP contribution in [-0.4, -0.2) is 21.7 Å². The van der Waals surface area contributed by atoms with Gasteiger partial charge in [0.05, 0.1) is 5.69 Å². The van der Waals surface area contributed by atoms with E-state index in [9.17, 15) is 0 Å². The summed E-state index contributed by atoms with van der Waals surface area (Å²) in [5.41, 5.74) is 1.73. The predicted molar refractivity (Wildman–Crippen MR) is 90.6 cm³/mol. The summed E-state index contributed by atoms with van der Waals surface area (Å²) >= 11 is 9.10. The Bertz CT molecular complexity index is 759. The zero-order valence-electron chi connectivity index (χ0n) is 11.7. The average molecular weight is 353 g/mol. The summed E-state index contributed by atoms with van der Waals surface area (Å²) in [5.74, 6) is 1.26. The zero-order valence-corrected chi connectivity index (χ0v) is 14.1. The van der Waals surface area contributed by atoms with Crippen LogP contribution < -0.4 is 5.32 Å². The highest BCUT2D eigenvalue weighted by molar-refractivity contribution is 8.00. The van der Waals surface area contributed by atoms with Crippen LogP contribution in [0.5, 0.6) is 0 Å². The molecule has 2 heterocycles. The van der Waals surface area contributed by atoms with Crippen molar-refractivity contribution in [2.45, 2.75) is 17.0 Å². The van der Waals surface area contributed by atoms with Crippen molar-refractivity contribution in [1.29, 1.82) is 0 Å². The van der Waals surface area contributed by atoms with Gasteiger partial charge in [0.15, 0.2) is 4.34 Å². The van der Waals surface area contributed by atoms with Gasteiger partial charge < -0.3 is 9.73 Å². The van der Waals surface area contributed by atoms with E-state index < -0.39 is 0 Å². The van der Waals surface area contributed by atoms with Gasteiger partial charge in [0.25, 0.3) is 0 Å². The summed E-state index contributed by atoms with van der Waals surface area (Å²) < 4.78 is 6.42. The topological polar surface area (TPSA) is 63.8 Å². The highest BCUT2D eigenvalue weighted by Crippen LogP contribution is 2.29. The Balaban J connectivity index is 1.64. The lowest BCUT2D eigenvalue weighted by atomic mass is 10.2. The average Bonchev–Trinajstić information content (AvgIpc) is 3.15. The Labute approximate surface area is 141 Å². The summed E-state index contributed by atoms with van der Waals surface area (Å²) in [5, 5.41) is 12.8. The third kappa shape index (κ3) is 3.79. The number of hydrogen-bond donors (Lipinski definition) is 1. The maximum atomic E-state index is 5.98. The lowest BCUT2D eigenvalue weighted by Gasteiger charge is -1.95. The monoisotopic (exact) mass is 352 g/mol. The Kier molecular flexibility index (Phi) is 4.97. The number of oxazole rings is 1. The van der Waals surface area contributed by atoms with Crippen molar-refractivity contribution in [3.05, 3.63) is 41.2 Å². The first kappa shape index (κ1) is 15.3. The van der Waals surface area contributed by atoms with Crippen molar-refractivity contribution in [1.82, 2.24) is 15.2 Å². The number of aromatic nitrogens is 3. The van der Waals surface area contributed by atoms with Crippen LogP contribution in [0.3, 0.4) is 0 Å². The Morgan fingerprint density at radius 3 is 3.09 bits per heavy atom. The molecule has 3 aromatic rings. The van der Waals surface area contributed by atoms with E-state index >= 15 is 0 Å². The number of nitrogens with zero attached hydrogens (tertiary/aromatic N) is 3. The maximum Gasteiger partial charge on any atom is 0.226 e. The van der Waals surface area contributed by atoms with Crippen molar-refractivity contribution in [2.24, 2.45) is 0 Å². The standard InChI is InChI=1S/C14H13ClN4OS2/c1-2-16-13-18-19-14(22-13)21-8-11-7-20-12(17-11)9-4-3-5-10(15)6-9/h3-7H,2,8H2,1H3,(H,16,18). The number of benzene rings is 1. The number of rotatable bonds is 6. The van der Waals surface area contributed by atoms with Gasteiger partial charge in [-0.25, -0.2) is 4.98 Å². The molecule has 8 heteroatoms. The summed E-state index contributed by atoms with van der Waals surface area (Å²) in [6, 6.07) is 7.45. The molecule has 0 aliphatic carbocycles. The molecule has 0 atom stereocenters. The normalized spacial score (nSPS) is 10.8. The van der Waals surface area contributed by atoms with Gasteiger partial charge in [-0.3, -0.25) is 0 Å². The molecule has 0 unspecified atom stereocenters. The molecule has 0 aliphatic rings. The van der Waals surface area contributed by atoms with E-state index in [1.165, 1.54) is 11.3 Å². The van der Waals surface area contributed by atoms with E-state index in [0.29, 0.717) is 16.7 Å². The van der Waals surface area contributed by atoms with Gasteiger partial charge in [-0.05, 0) is 25.1 Å². The third-order valence-electron chi connectivity index (χ3n) is 2.70. The summed E-state index contributed by atoms with van der Waals surface area (Å²) in [6.45, 7) is 2.87. The molecule has 0 bridgehead atoms. The molecule has 0 saturated carbocycles. The number of halogens is 1. The van der Waals surface area contributed by atoms with Crippen molar-refractivity contribution in [3.63, 3.8) is 0 Å². The molecular weight excluding hydrogens is 340 g/mol. The number of nitrogens with one attached hydrogen (secondary N) is 1. The first-order valence-corrected chi connectivity index (χ1v) is 8.83. The first-order chi connectivity index (χ1) is 10.7. The second kappa shape index (κ2) is 7.13. The highest BCUT2D eigenvalue weighted by Gasteiger charge is 2.09. The molecule has 2 aromatic heterocycles. The van der Waals surface area contributed by atoms with Crippen LogP contribution >= 0.6 is 34.7 Å². The largest absolute Gasteiger partial charge is 0.444 e. The maximum absolute atomic E-state index is 5.98. The molecule has 3 rings (SSSR count). The van der Waals surface area contributed by atoms with Crippen LogP contribution in [0.1, 0.15) is 12.6 Å². The van der Waals surface area contributed by atoms with Gasteiger partial charge in [0.2, 0.25) is 11.0 Å². The van der Waals surface area contributed by atoms with Crippen molar-refractivity contribution in [2.75, 3.05) is 11.9 Å². The van der Waals surface area contributed by atoms with Gasteiger partial charge in [-0.2, -0.15) is 0 Å². The predicted octanol–water partition coefficient (Wildman–Crippen LogP) is 4.57. The van der Waals surface area contributed by atoms with Gasteiger partial charge in [0, 0.05) is 22.9 Å². The van der Waals surface area contributed by atoms with E-state index in [-0.39, 0.29) is 0 Å². The SMILES string of the molecule is CCNc1nnc(SCc2coc(-c3cccc(Cl)c3)n2)s1. The fourth-order valence-corrected chi connectivity index (χ4v) is 3.64. The fourth-order valence-electron chi connectivity index (χ4n) is 1.75. The smallest absolute Gasteiger partial charge is 0.226 e. The van der Waals surface area contributed by atoms with Crippen molar-refractivity contribution < 1.29 is 4.42 Å². The number of anilines is 1. The quantitative estimate of drug-likeness (QED) is 0.655. The first-order valence-electron chi connectivity index (χ1n) is 6.65. The number of hydrogen-bond acceptors (Lipinski definition) is 7. The van der Waals surface area contributed by atoms with Crippen molar-refractivity contribution in [3.8, 4) is 11.5 Å². The van der Waals surface area contributed by atoms with Gasteiger partial charge >= 0.3 is 0 Å². The minimum absolute atomic E-state index is 0.573. The molecule has 114 valence electrons. The van der Waals surface area contributed by atoms with E-state index in [4.69, 9.17) is 16.0 Å². The molecule has 5 nitrogen and oxygen atoms in total. The van der Waals surface area contributed by atoms with Gasteiger partial charge in [0.1, 0.15) is 6.26 Å². The molecule has 0 aliphatic heterocycles. The molecule has 0 spiro atoms. The van der Waals surface area contributed by atoms with Crippen LogP contribution in [0.4, 0.5) is 5.13 Å². The molecule has 0 fully saturated rings.